The van der Waals surface area contributed by atoms with E-state index in [2.05, 4.69) is 22.5 Å². The van der Waals surface area contributed by atoms with Crippen molar-refractivity contribution in [2.24, 2.45) is 0 Å². The van der Waals surface area contributed by atoms with Crippen LogP contribution in [0.4, 0.5) is 0 Å². The van der Waals surface area contributed by atoms with Gasteiger partial charge in [0.25, 0.3) is 0 Å². The van der Waals surface area contributed by atoms with Gasteiger partial charge in [-0.3, -0.25) is 0 Å². The van der Waals surface area contributed by atoms with Crippen LogP contribution in [0.5, 0.6) is 5.75 Å². The lowest BCUT2D eigenvalue weighted by Gasteiger charge is -2.06. The standard InChI is InChI=1S/C11H11BrO3/c1-2-3-4-15-10-6-8(11(13)14)5-9(12)7-10/h2,5-7H,1,3-4H2,(H,13,14). The van der Waals surface area contributed by atoms with E-state index in [-0.39, 0.29) is 5.56 Å². The molecule has 0 aromatic heterocycles. The van der Waals surface area contributed by atoms with Crippen molar-refractivity contribution in [1.29, 1.82) is 0 Å². The molecule has 1 aromatic carbocycles. The molecule has 0 saturated carbocycles. The van der Waals surface area contributed by atoms with Gasteiger partial charge in [0.05, 0.1) is 12.2 Å². The normalized spacial score (nSPS) is 9.67. The van der Waals surface area contributed by atoms with Crippen molar-refractivity contribution >= 4 is 21.9 Å². The molecule has 0 fully saturated rings. The number of carboxylic acid groups (broad SMARTS) is 1. The van der Waals surface area contributed by atoms with Crippen molar-refractivity contribution < 1.29 is 14.6 Å². The predicted molar refractivity (Wildman–Crippen MR) is 61.4 cm³/mol. The van der Waals surface area contributed by atoms with Crippen LogP contribution in [0.15, 0.2) is 35.3 Å². The molecule has 0 heterocycles. The smallest absolute Gasteiger partial charge is 0.335 e. The molecule has 0 bridgehead atoms. The van der Waals surface area contributed by atoms with Gasteiger partial charge in [0.15, 0.2) is 0 Å². The second-order valence-electron chi connectivity index (χ2n) is 2.91. The van der Waals surface area contributed by atoms with Crippen molar-refractivity contribution in [2.75, 3.05) is 6.61 Å². The number of carbonyl (C=O) groups is 1. The van der Waals surface area contributed by atoms with Gasteiger partial charge < -0.3 is 9.84 Å². The van der Waals surface area contributed by atoms with Crippen LogP contribution in [0.2, 0.25) is 0 Å². The Kier molecular flexibility index (Phi) is 4.37. The third-order valence-electron chi connectivity index (χ3n) is 1.71. The third kappa shape index (κ3) is 3.75. The molecule has 15 heavy (non-hydrogen) atoms. The fraction of sp³-hybridized carbons (Fsp3) is 0.182. The van der Waals surface area contributed by atoms with Gasteiger partial charge in [-0.25, -0.2) is 4.79 Å². The van der Waals surface area contributed by atoms with E-state index in [1.807, 2.05) is 0 Å². The minimum absolute atomic E-state index is 0.206. The van der Waals surface area contributed by atoms with Crippen molar-refractivity contribution in [3.8, 4) is 5.75 Å². The summed E-state index contributed by atoms with van der Waals surface area (Å²) in [6.45, 7) is 4.07. The van der Waals surface area contributed by atoms with Crippen LogP contribution < -0.4 is 4.74 Å². The van der Waals surface area contributed by atoms with Gasteiger partial charge in [-0.1, -0.05) is 22.0 Å². The van der Waals surface area contributed by atoms with Gasteiger partial charge in [-0.2, -0.15) is 0 Å². The van der Waals surface area contributed by atoms with Gasteiger partial charge in [0.2, 0.25) is 0 Å². The highest BCUT2D eigenvalue weighted by atomic mass is 79.9. The Balaban J connectivity index is 2.79. The lowest BCUT2D eigenvalue weighted by atomic mass is 10.2. The zero-order valence-corrected chi connectivity index (χ0v) is 9.66. The molecule has 4 heteroatoms. The first-order valence-corrected chi connectivity index (χ1v) is 5.20. The van der Waals surface area contributed by atoms with E-state index in [1.54, 1.807) is 12.1 Å². The second-order valence-corrected chi connectivity index (χ2v) is 3.82. The number of hydrogen-bond acceptors (Lipinski definition) is 2. The zero-order chi connectivity index (χ0) is 11.3. The first-order valence-electron chi connectivity index (χ1n) is 4.41. The minimum Gasteiger partial charge on any atom is -0.493 e. The molecule has 80 valence electrons. The summed E-state index contributed by atoms with van der Waals surface area (Å²) in [4.78, 5) is 10.7. The van der Waals surface area contributed by atoms with Gasteiger partial charge in [-0.05, 0) is 24.6 Å². The molecule has 0 aliphatic carbocycles. The quantitative estimate of drug-likeness (QED) is 0.661. The second kappa shape index (κ2) is 5.56. The van der Waals surface area contributed by atoms with E-state index >= 15 is 0 Å². The van der Waals surface area contributed by atoms with E-state index in [1.165, 1.54) is 12.1 Å². The topological polar surface area (TPSA) is 46.5 Å². The third-order valence-corrected chi connectivity index (χ3v) is 2.17. The number of hydrogen-bond donors (Lipinski definition) is 1. The van der Waals surface area contributed by atoms with Gasteiger partial charge in [0.1, 0.15) is 5.75 Å². The fourth-order valence-electron chi connectivity index (χ4n) is 1.03. The largest absolute Gasteiger partial charge is 0.493 e. The molecular formula is C11H11BrO3. The average Bonchev–Trinajstić information content (AvgIpc) is 2.17. The zero-order valence-electron chi connectivity index (χ0n) is 8.07. The summed E-state index contributed by atoms with van der Waals surface area (Å²) in [6.07, 6.45) is 2.48. The van der Waals surface area contributed by atoms with E-state index in [9.17, 15) is 4.79 Å². The molecule has 0 radical (unpaired) electrons. The molecule has 1 N–H and O–H groups in total. The number of benzene rings is 1. The van der Waals surface area contributed by atoms with Gasteiger partial charge in [-0.15, -0.1) is 6.58 Å². The summed E-state index contributed by atoms with van der Waals surface area (Å²) in [5, 5.41) is 8.81. The van der Waals surface area contributed by atoms with E-state index in [0.717, 1.165) is 6.42 Å². The lowest BCUT2D eigenvalue weighted by Crippen LogP contribution is -2.00. The molecule has 0 atom stereocenters. The van der Waals surface area contributed by atoms with Crippen molar-refractivity contribution in [2.45, 2.75) is 6.42 Å². The maximum absolute atomic E-state index is 10.7. The van der Waals surface area contributed by atoms with Crippen LogP contribution >= 0.6 is 15.9 Å². The molecule has 0 spiro atoms. The highest BCUT2D eigenvalue weighted by Crippen LogP contribution is 2.21. The Morgan fingerprint density at radius 2 is 2.27 bits per heavy atom. The Bertz CT molecular complexity index is 374. The Morgan fingerprint density at radius 3 is 2.87 bits per heavy atom. The minimum atomic E-state index is -0.968. The molecule has 0 amide bonds. The maximum Gasteiger partial charge on any atom is 0.335 e. The number of rotatable bonds is 5. The summed E-state index contributed by atoms with van der Waals surface area (Å²) in [5.74, 6) is -0.423. The molecule has 3 nitrogen and oxygen atoms in total. The molecular weight excluding hydrogens is 260 g/mol. The summed E-state index contributed by atoms with van der Waals surface area (Å²) in [7, 11) is 0. The van der Waals surface area contributed by atoms with Crippen molar-refractivity contribution in [1.82, 2.24) is 0 Å². The van der Waals surface area contributed by atoms with Crippen LogP contribution in [-0.4, -0.2) is 17.7 Å². The molecule has 1 aromatic rings. The Morgan fingerprint density at radius 1 is 1.53 bits per heavy atom. The van der Waals surface area contributed by atoms with Crippen LogP contribution in [0.25, 0.3) is 0 Å². The Labute approximate surface area is 96.5 Å². The lowest BCUT2D eigenvalue weighted by molar-refractivity contribution is 0.0696. The summed E-state index contributed by atoms with van der Waals surface area (Å²) >= 11 is 3.23. The van der Waals surface area contributed by atoms with E-state index in [4.69, 9.17) is 9.84 Å². The molecule has 0 saturated heterocycles. The molecule has 0 aliphatic heterocycles. The summed E-state index contributed by atoms with van der Waals surface area (Å²) in [5.41, 5.74) is 0.206. The van der Waals surface area contributed by atoms with Gasteiger partial charge >= 0.3 is 5.97 Å². The SMILES string of the molecule is C=CCCOc1cc(Br)cc(C(=O)O)c1. The molecule has 1 rings (SSSR count). The fourth-order valence-corrected chi connectivity index (χ4v) is 1.50. The summed E-state index contributed by atoms with van der Waals surface area (Å²) < 4.78 is 6.04. The monoisotopic (exact) mass is 270 g/mol. The van der Waals surface area contributed by atoms with Crippen molar-refractivity contribution in [3.63, 3.8) is 0 Å². The number of halogens is 1. The highest BCUT2D eigenvalue weighted by Gasteiger charge is 2.06. The highest BCUT2D eigenvalue weighted by molar-refractivity contribution is 9.10. The number of aromatic carboxylic acids is 1. The van der Waals surface area contributed by atoms with Crippen LogP contribution in [-0.2, 0) is 0 Å². The predicted octanol–water partition coefficient (Wildman–Crippen LogP) is 3.10. The molecule has 0 unspecified atom stereocenters. The molecule has 0 aliphatic rings. The van der Waals surface area contributed by atoms with Crippen LogP contribution in [0.3, 0.4) is 0 Å². The Hall–Kier alpha value is -1.29. The van der Waals surface area contributed by atoms with Crippen molar-refractivity contribution in [3.05, 3.63) is 40.9 Å². The van der Waals surface area contributed by atoms with Crippen LogP contribution in [0.1, 0.15) is 16.8 Å². The average molecular weight is 271 g/mol. The van der Waals surface area contributed by atoms with Crippen LogP contribution in [0, 0.1) is 0 Å². The summed E-state index contributed by atoms with van der Waals surface area (Å²) in [6, 6.07) is 4.76. The maximum atomic E-state index is 10.7. The van der Waals surface area contributed by atoms with Gasteiger partial charge in [0, 0.05) is 4.47 Å². The van der Waals surface area contributed by atoms with E-state index < -0.39 is 5.97 Å². The number of carboxylic acids is 1. The number of ether oxygens (including phenoxy) is 1. The first-order chi connectivity index (χ1) is 7.13. The van der Waals surface area contributed by atoms with E-state index in [0.29, 0.717) is 16.8 Å². The first kappa shape index (κ1) is 11.8.